The summed E-state index contributed by atoms with van der Waals surface area (Å²) in [4.78, 5) is 24.1. The molecule has 1 amide bonds. The van der Waals surface area contributed by atoms with Crippen LogP contribution in [0, 0.1) is 5.82 Å². The molecule has 0 saturated carbocycles. The van der Waals surface area contributed by atoms with Crippen LogP contribution in [0.1, 0.15) is 16.8 Å². The topological polar surface area (TPSA) is 64.6 Å². The average molecular weight is 388 g/mol. The first-order valence-electron chi connectivity index (χ1n) is 7.99. The monoisotopic (exact) mass is 387 g/mol. The van der Waals surface area contributed by atoms with Gasteiger partial charge >= 0.3 is 0 Å². The van der Waals surface area contributed by atoms with Crippen LogP contribution in [0.15, 0.2) is 60.3 Å². The molecule has 0 atom stereocenters. The molecule has 0 heterocycles. The van der Waals surface area contributed by atoms with Gasteiger partial charge in [-0.25, -0.2) is 4.39 Å². The highest BCUT2D eigenvalue weighted by atomic mass is 35.5. The van der Waals surface area contributed by atoms with Gasteiger partial charge in [-0.1, -0.05) is 17.7 Å². The number of nitrogens with one attached hydrogen (secondary N) is 1. The molecule has 1 aliphatic carbocycles. The van der Waals surface area contributed by atoms with Crippen LogP contribution in [0.25, 0.3) is 0 Å². The fourth-order valence-corrected chi connectivity index (χ4v) is 2.63. The number of carbonyl (C=O) groups is 2. The minimum Gasteiger partial charge on any atom is -0.493 e. The van der Waals surface area contributed by atoms with Crippen molar-refractivity contribution >= 4 is 23.3 Å². The van der Waals surface area contributed by atoms with Crippen molar-refractivity contribution in [2.24, 2.45) is 0 Å². The zero-order chi connectivity index (χ0) is 19.4. The molecule has 0 bridgehead atoms. The Bertz CT molecular complexity index is 968. The summed E-state index contributed by atoms with van der Waals surface area (Å²) in [6.07, 6.45) is 4.98. The van der Waals surface area contributed by atoms with Crippen LogP contribution < -0.4 is 14.8 Å². The SMILES string of the molecule is COc1cc(F)ccc1Oc1cc(Cl)ccc1C(=O)NC1=CC(=O)CC=C1. The standard InChI is InChI=1S/C20H15ClFNO4/c1-26-19-10-13(22)6-8-17(19)27-18-9-12(21)5-7-16(18)20(25)23-14-3-2-4-15(24)11-14/h2-3,5-11H,4H2,1H3,(H,23,25). The van der Waals surface area contributed by atoms with Crippen molar-refractivity contribution in [1.82, 2.24) is 5.32 Å². The van der Waals surface area contributed by atoms with Crippen molar-refractivity contribution < 1.29 is 23.5 Å². The Hall–Kier alpha value is -3.12. The molecular formula is C20H15ClFNO4. The highest BCUT2D eigenvalue weighted by Gasteiger charge is 2.17. The molecule has 0 aromatic heterocycles. The summed E-state index contributed by atoms with van der Waals surface area (Å²) in [5.74, 6) is -0.502. The molecule has 0 radical (unpaired) electrons. The van der Waals surface area contributed by atoms with Crippen LogP contribution in [0.4, 0.5) is 4.39 Å². The Morgan fingerprint density at radius 3 is 2.70 bits per heavy atom. The molecule has 2 aromatic carbocycles. The van der Waals surface area contributed by atoms with E-state index in [1.165, 1.54) is 43.5 Å². The normalized spacial score (nSPS) is 13.1. The first-order valence-corrected chi connectivity index (χ1v) is 8.37. The van der Waals surface area contributed by atoms with Crippen LogP contribution in [0.5, 0.6) is 17.2 Å². The van der Waals surface area contributed by atoms with Crippen molar-refractivity contribution in [2.45, 2.75) is 6.42 Å². The number of allylic oxidation sites excluding steroid dienone is 3. The van der Waals surface area contributed by atoms with Crippen LogP contribution in [0.2, 0.25) is 5.02 Å². The van der Waals surface area contributed by atoms with Crippen LogP contribution in [-0.4, -0.2) is 18.8 Å². The summed E-state index contributed by atoms with van der Waals surface area (Å²) < 4.78 is 24.2. The summed E-state index contributed by atoms with van der Waals surface area (Å²) in [6.45, 7) is 0. The molecule has 0 aliphatic heterocycles. The number of hydrogen-bond acceptors (Lipinski definition) is 4. The Balaban J connectivity index is 1.90. The molecule has 27 heavy (non-hydrogen) atoms. The molecule has 138 valence electrons. The van der Waals surface area contributed by atoms with Gasteiger partial charge in [-0.2, -0.15) is 0 Å². The predicted octanol–water partition coefficient (Wildman–Crippen LogP) is 4.42. The lowest BCUT2D eigenvalue weighted by atomic mass is 10.1. The summed E-state index contributed by atoms with van der Waals surface area (Å²) in [5, 5.41) is 3.01. The van der Waals surface area contributed by atoms with E-state index in [1.807, 2.05) is 0 Å². The number of amides is 1. The van der Waals surface area contributed by atoms with E-state index in [9.17, 15) is 14.0 Å². The number of methoxy groups -OCH3 is 1. The summed E-state index contributed by atoms with van der Waals surface area (Å²) in [5.41, 5.74) is 0.578. The van der Waals surface area contributed by atoms with E-state index in [0.29, 0.717) is 17.1 Å². The Morgan fingerprint density at radius 1 is 1.15 bits per heavy atom. The van der Waals surface area contributed by atoms with Crippen molar-refractivity contribution in [2.75, 3.05) is 7.11 Å². The van der Waals surface area contributed by atoms with Crippen molar-refractivity contribution in [3.8, 4) is 17.2 Å². The molecule has 1 aliphatic rings. The van der Waals surface area contributed by atoms with Crippen molar-refractivity contribution in [1.29, 1.82) is 0 Å². The average Bonchev–Trinajstić information content (AvgIpc) is 2.63. The molecule has 0 saturated heterocycles. The first kappa shape index (κ1) is 18.7. The van der Waals surface area contributed by atoms with E-state index in [2.05, 4.69) is 5.32 Å². The van der Waals surface area contributed by atoms with E-state index in [0.717, 1.165) is 0 Å². The van der Waals surface area contributed by atoms with E-state index >= 15 is 0 Å². The zero-order valence-corrected chi connectivity index (χ0v) is 15.0. The summed E-state index contributed by atoms with van der Waals surface area (Å²) in [6, 6.07) is 8.28. The molecule has 0 unspecified atom stereocenters. The molecule has 1 N–H and O–H groups in total. The molecule has 0 spiro atoms. The van der Waals surface area contributed by atoms with Gasteiger partial charge in [0.25, 0.3) is 5.91 Å². The molecule has 7 heteroatoms. The van der Waals surface area contributed by atoms with E-state index in [4.69, 9.17) is 21.1 Å². The van der Waals surface area contributed by atoms with Crippen LogP contribution in [0.3, 0.4) is 0 Å². The lowest BCUT2D eigenvalue weighted by molar-refractivity contribution is -0.113. The quantitative estimate of drug-likeness (QED) is 0.824. The molecular weight excluding hydrogens is 373 g/mol. The van der Waals surface area contributed by atoms with Gasteiger partial charge in [0.15, 0.2) is 17.3 Å². The molecule has 5 nitrogen and oxygen atoms in total. The zero-order valence-electron chi connectivity index (χ0n) is 14.3. The predicted molar refractivity (Wildman–Crippen MR) is 98.8 cm³/mol. The number of halogens is 2. The number of ketones is 1. The number of rotatable bonds is 5. The van der Waals surface area contributed by atoms with Gasteiger partial charge < -0.3 is 14.8 Å². The lowest BCUT2D eigenvalue weighted by Crippen LogP contribution is -2.24. The van der Waals surface area contributed by atoms with E-state index < -0.39 is 11.7 Å². The van der Waals surface area contributed by atoms with Gasteiger partial charge in [-0.15, -0.1) is 0 Å². The molecule has 0 fully saturated rings. The van der Waals surface area contributed by atoms with Gasteiger partial charge in [0.2, 0.25) is 0 Å². The molecule has 3 rings (SSSR count). The van der Waals surface area contributed by atoms with E-state index in [-0.39, 0.29) is 28.6 Å². The highest BCUT2D eigenvalue weighted by Crippen LogP contribution is 2.35. The van der Waals surface area contributed by atoms with Gasteiger partial charge in [-0.3, -0.25) is 9.59 Å². The van der Waals surface area contributed by atoms with Gasteiger partial charge in [0.05, 0.1) is 12.7 Å². The lowest BCUT2D eigenvalue weighted by Gasteiger charge is -2.15. The smallest absolute Gasteiger partial charge is 0.259 e. The summed E-state index contributed by atoms with van der Waals surface area (Å²) in [7, 11) is 1.38. The largest absolute Gasteiger partial charge is 0.493 e. The second-order valence-corrected chi connectivity index (χ2v) is 6.10. The van der Waals surface area contributed by atoms with Gasteiger partial charge in [-0.05, 0) is 30.3 Å². The minimum absolute atomic E-state index is 0.101. The van der Waals surface area contributed by atoms with Crippen molar-refractivity contribution in [3.05, 3.63) is 76.7 Å². The fraction of sp³-hybridized carbons (Fsp3) is 0.100. The highest BCUT2D eigenvalue weighted by molar-refractivity contribution is 6.30. The number of ether oxygens (including phenoxy) is 2. The third-order valence-electron chi connectivity index (χ3n) is 3.72. The van der Waals surface area contributed by atoms with Gasteiger partial charge in [0, 0.05) is 35.3 Å². The van der Waals surface area contributed by atoms with E-state index in [1.54, 1.807) is 18.2 Å². The Morgan fingerprint density at radius 2 is 1.96 bits per heavy atom. The Labute approximate surface area is 160 Å². The molecule has 2 aromatic rings. The third kappa shape index (κ3) is 4.54. The number of carbonyl (C=O) groups excluding carboxylic acids is 2. The maximum atomic E-state index is 13.4. The Kier molecular flexibility index (Phi) is 5.57. The number of hydrogen-bond donors (Lipinski definition) is 1. The maximum absolute atomic E-state index is 13.4. The maximum Gasteiger partial charge on any atom is 0.259 e. The van der Waals surface area contributed by atoms with Gasteiger partial charge in [0.1, 0.15) is 11.6 Å². The van der Waals surface area contributed by atoms with Crippen LogP contribution in [-0.2, 0) is 4.79 Å². The van der Waals surface area contributed by atoms with Crippen molar-refractivity contribution in [3.63, 3.8) is 0 Å². The minimum atomic E-state index is -0.482. The second kappa shape index (κ2) is 8.05. The second-order valence-electron chi connectivity index (χ2n) is 5.66. The first-order chi connectivity index (χ1) is 13.0. The summed E-state index contributed by atoms with van der Waals surface area (Å²) >= 11 is 6.03. The third-order valence-corrected chi connectivity index (χ3v) is 3.96. The van der Waals surface area contributed by atoms with Crippen LogP contribution >= 0.6 is 11.6 Å². The fourth-order valence-electron chi connectivity index (χ4n) is 2.47. The number of benzene rings is 2.